The Hall–Kier alpha value is -0.260. The summed E-state index contributed by atoms with van der Waals surface area (Å²) in [6.45, 7) is 4.47. The van der Waals surface area contributed by atoms with E-state index in [1.54, 1.807) is 5.57 Å². The van der Waals surface area contributed by atoms with Crippen LogP contribution >= 0.6 is 0 Å². The molecule has 0 nitrogen and oxygen atoms in total. The van der Waals surface area contributed by atoms with Crippen molar-refractivity contribution < 1.29 is 0 Å². The van der Waals surface area contributed by atoms with E-state index < -0.39 is 0 Å². The Morgan fingerprint density at radius 3 is 2.57 bits per heavy atom. The van der Waals surface area contributed by atoms with Crippen molar-refractivity contribution in [3.8, 4) is 0 Å². The highest BCUT2D eigenvalue weighted by Gasteiger charge is 2.22. The molecule has 1 aliphatic rings. The van der Waals surface area contributed by atoms with Crippen molar-refractivity contribution in [1.29, 1.82) is 0 Å². The molecule has 0 amide bonds. The first kappa shape index (κ1) is 4.89. The normalized spacial score (nSPS) is 34.0. The van der Waals surface area contributed by atoms with Gasteiger partial charge in [0.1, 0.15) is 0 Å². The lowest BCUT2D eigenvalue weighted by Gasteiger charge is -1.71. The molecule has 1 rings (SSSR count). The van der Waals surface area contributed by atoms with Crippen LogP contribution in [0.15, 0.2) is 11.6 Å². The third-order valence-electron chi connectivity index (χ3n) is 1.48. The lowest BCUT2D eigenvalue weighted by molar-refractivity contribution is 1.01. The minimum Gasteiger partial charge on any atom is -0.0853 e. The Morgan fingerprint density at radius 2 is 2.43 bits per heavy atom. The molecule has 0 heteroatoms. The molecular weight excluding hydrogens is 84.1 g/mol. The van der Waals surface area contributed by atoms with Crippen LogP contribution in [0, 0.1) is 5.92 Å². The van der Waals surface area contributed by atoms with Gasteiger partial charge in [-0.05, 0) is 18.8 Å². The molecule has 0 spiro atoms. The second-order valence-electron chi connectivity index (χ2n) is 2.29. The Kier molecular flexibility index (Phi) is 1.18. The highest BCUT2D eigenvalue weighted by Crippen LogP contribution is 2.36. The van der Waals surface area contributed by atoms with Crippen LogP contribution < -0.4 is 0 Å². The van der Waals surface area contributed by atoms with Crippen LogP contribution in [0.4, 0.5) is 0 Å². The van der Waals surface area contributed by atoms with Crippen molar-refractivity contribution in [2.75, 3.05) is 0 Å². The highest BCUT2D eigenvalue weighted by atomic mass is 14.3. The van der Waals surface area contributed by atoms with Gasteiger partial charge >= 0.3 is 0 Å². The number of hydrogen-bond acceptors (Lipinski definition) is 0. The van der Waals surface area contributed by atoms with Crippen molar-refractivity contribution in [2.45, 2.75) is 26.7 Å². The Morgan fingerprint density at radius 1 is 1.86 bits per heavy atom. The van der Waals surface area contributed by atoms with E-state index >= 15 is 0 Å². The summed E-state index contributed by atoms with van der Waals surface area (Å²) in [5, 5.41) is 0. The van der Waals surface area contributed by atoms with Crippen LogP contribution in [-0.4, -0.2) is 0 Å². The van der Waals surface area contributed by atoms with Crippen LogP contribution in [-0.2, 0) is 0 Å². The number of rotatable bonds is 1. The van der Waals surface area contributed by atoms with Crippen LogP contribution in [0.3, 0.4) is 0 Å². The van der Waals surface area contributed by atoms with E-state index in [1.165, 1.54) is 12.8 Å². The maximum atomic E-state index is 2.34. The average molecular weight is 96.2 g/mol. The second-order valence-corrected chi connectivity index (χ2v) is 2.29. The highest BCUT2D eigenvalue weighted by molar-refractivity contribution is 5.21. The van der Waals surface area contributed by atoms with Crippen molar-refractivity contribution in [3.05, 3.63) is 11.6 Å². The average Bonchev–Trinajstić information content (AvgIpc) is 2.22. The van der Waals surface area contributed by atoms with E-state index in [2.05, 4.69) is 19.9 Å². The van der Waals surface area contributed by atoms with Crippen molar-refractivity contribution in [3.63, 3.8) is 0 Å². The van der Waals surface area contributed by atoms with Gasteiger partial charge in [0.05, 0.1) is 0 Å². The van der Waals surface area contributed by atoms with Gasteiger partial charge in [0.25, 0.3) is 0 Å². The summed E-state index contributed by atoms with van der Waals surface area (Å²) in [5.74, 6) is 0.931. The fraction of sp³-hybridized carbons (Fsp3) is 0.714. The molecule has 7 heavy (non-hydrogen) atoms. The maximum absolute atomic E-state index is 2.34. The van der Waals surface area contributed by atoms with Crippen molar-refractivity contribution >= 4 is 0 Å². The number of hydrogen-bond donors (Lipinski definition) is 0. The van der Waals surface area contributed by atoms with E-state index in [4.69, 9.17) is 0 Å². The molecule has 0 N–H and O–H groups in total. The summed E-state index contributed by atoms with van der Waals surface area (Å²) in [6, 6.07) is 0. The maximum Gasteiger partial charge on any atom is -0.0194 e. The summed E-state index contributed by atoms with van der Waals surface area (Å²) in [6.07, 6.45) is 4.93. The molecule has 1 saturated carbocycles. The van der Waals surface area contributed by atoms with Gasteiger partial charge in [-0.2, -0.15) is 0 Å². The van der Waals surface area contributed by atoms with E-state index in [-0.39, 0.29) is 0 Å². The molecule has 1 atom stereocenters. The zero-order valence-electron chi connectivity index (χ0n) is 5.07. The summed E-state index contributed by atoms with van der Waals surface area (Å²) in [5.41, 5.74) is 1.67. The van der Waals surface area contributed by atoms with Gasteiger partial charge < -0.3 is 0 Å². The summed E-state index contributed by atoms with van der Waals surface area (Å²) < 4.78 is 0. The predicted molar refractivity (Wildman–Crippen MR) is 32.2 cm³/mol. The lowest BCUT2D eigenvalue weighted by Crippen LogP contribution is -1.54. The Bertz CT molecular complexity index is 90.2. The molecule has 0 aromatic carbocycles. The van der Waals surface area contributed by atoms with Crippen LogP contribution in [0.5, 0.6) is 0 Å². The van der Waals surface area contributed by atoms with Crippen LogP contribution in [0.1, 0.15) is 26.7 Å². The fourth-order valence-corrected chi connectivity index (χ4v) is 0.841. The zero-order valence-corrected chi connectivity index (χ0v) is 5.07. The smallest absolute Gasteiger partial charge is 0.0194 e. The Labute approximate surface area is 45.2 Å². The van der Waals surface area contributed by atoms with E-state index in [9.17, 15) is 0 Å². The van der Waals surface area contributed by atoms with Gasteiger partial charge in [-0.1, -0.05) is 25.5 Å². The van der Waals surface area contributed by atoms with E-state index in [1.807, 2.05) is 0 Å². The first-order valence-corrected chi connectivity index (χ1v) is 3.03. The zero-order chi connectivity index (χ0) is 5.28. The molecule has 1 fully saturated rings. The predicted octanol–water partition coefficient (Wildman–Crippen LogP) is 2.36. The molecule has 1 aliphatic carbocycles. The summed E-state index contributed by atoms with van der Waals surface area (Å²) in [4.78, 5) is 0. The van der Waals surface area contributed by atoms with Crippen molar-refractivity contribution in [2.24, 2.45) is 5.92 Å². The fourth-order valence-electron chi connectivity index (χ4n) is 0.841. The molecule has 40 valence electrons. The van der Waals surface area contributed by atoms with Gasteiger partial charge in [-0.15, -0.1) is 0 Å². The molecular formula is C7H12. The molecule has 1 unspecified atom stereocenters. The topological polar surface area (TPSA) is 0 Å². The third-order valence-corrected chi connectivity index (χ3v) is 1.48. The molecule has 0 aromatic rings. The van der Waals surface area contributed by atoms with E-state index in [0.29, 0.717) is 0 Å². The molecule has 0 aromatic heterocycles. The monoisotopic (exact) mass is 96.1 g/mol. The molecule has 0 saturated heterocycles. The first-order valence-electron chi connectivity index (χ1n) is 3.03. The standard InChI is InChI=1S/C7H12/c1-3-4-7-5-6(7)2/h4,6H,3,5H2,1-2H3/b7-4+. The Balaban J connectivity index is 2.30. The minimum atomic E-state index is 0.931. The molecule has 0 heterocycles. The SMILES string of the molecule is CC/C=C1\CC1C. The van der Waals surface area contributed by atoms with Gasteiger partial charge in [-0.3, -0.25) is 0 Å². The van der Waals surface area contributed by atoms with Crippen LogP contribution in [0.25, 0.3) is 0 Å². The van der Waals surface area contributed by atoms with Crippen LogP contribution in [0.2, 0.25) is 0 Å². The number of allylic oxidation sites excluding steroid dienone is 2. The quantitative estimate of drug-likeness (QED) is 0.439. The largest absolute Gasteiger partial charge is 0.0853 e. The third kappa shape index (κ3) is 1.05. The first-order chi connectivity index (χ1) is 3.34. The van der Waals surface area contributed by atoms with Gasteiger partial charge in [-0.25, -0.2) is 0 Å². The minimum absolute atomic E-state index is 0.931. The molecule has 0 radical (unpaired) electrons. The van der Waals surface area contributed by atoms with Crippen molar-refractivity contribution in [1.82, 2.24) is 0 Å². The second kappa shape index (κ2) is 1.69. The van der Waals surface area contributed by atoms with Gasteiger partial charge in [0.2, 0.25) is 0 Å². The van der Waals surface area contributed by atoms with Gasteiger partial charge in [0.15, 0.2) is 0 Å². The lowest BCUT2D eigenvalue weighted by atomic mass is 10.4. The summed E-state index contributed by atoms with van der Waals surface area (Å²) >= 11 is 0. The molecule has 0 aliphatic heterocycles. The summed E-state index contributed by atoms with van der Waals surface area (Å²) in [7, 11) is 0. The molecule has 0 bridgehead atoms. The van der Waals surface area contributed by atoms with E-state index in [0.717, 1.165) is 5.92 Å². The van der Waals surface area contributed by atoms with Gasteiger partial charge in [0, 0.05) is 0 Å².